The fraction of sp³-hybridized carbons (Fsp3) is 0.455. The molecule has 0 aliphatic carbocycles. The van der Waals surface area contributed by atoms with Crippen LogP contribution in [-0.4, -0.2) is 18.3 Å². The normalized spacial score (nSPS) is 20.2. The van der Waals surface area contributed by atoms with E-state index in [2.05, 4.69) is 0 Å². The molecule has 2 nitrogen and oxygen atoms in total. The van der Waals surface area contributed by atoms with Crippen LogP contribution >= 0.6 is 23.2 Å². The Morgan fingerprint density at radius 3 is 2.53 bits per heavy atom. The molecular formula is C11H12Cl2O2. The van der Waals surface area contributed by atoms with Gasteiger partial charge in [0.2, 0.25) is 0 Å². The van der Waals surface area contributed by atoms with Crippen molar-refractivity contribution < 1.29 is 9.84 Å². The number of benzene rings is 1. The summed E-state index contributed by atoms with van der Waals surface area (Å²) in [5, 5.41) is 11.6. The van der Waals surface area contributed by atoms with Crippen molar-refractivity contribution in [2.75, 3.05) is 13.2 Å². The fourth-order valence-electron chi connectivity index (χ4n) is 1.83. The lowest BCUT2D eigenvalue weighted by atomic mass is 9.86. The minimum atomic E-state index is -0.889. The van der Waals surface area contributed by atoms with Gasteiger partial charge in [-0.05, 0) is 18.2 Å². The summed E-state index contributed by atoms with van der Waals surface area (Å²) in [4.78, 5) is 0. The smallest absolute Gasteiger partial charge is 0.0955 e. The lowest BCUT2D eigenvalue weighted by molar-refractivity contribution is -0.0678. The molecule has 0 aromatic heterocycles. The largest absolute Gasteiger partial charge is 0.385 e. The van der Waals surface area contributed by atoms with Crippen molar-refractivity contribution in [3.63, 3.8) is 0 Å². The summed E-state index contributed by atoms with van der Waals surface area (Å²) in [6, 6.07) is 5.16. The predicted molar refractivity (Wildman–Crippen MR) is 60.4 cm³/mol. The first-order chi connectivity index (χ1) is 7.12. The van der Waals surface area contributed by atoms with Crippen LogP contribution in [0.4, 0.5) is 0 Å². The van der Waals surface area contributed by atoms with E-state index in [1.54, 1.807) is 18.2 Å². The summed E-state index contributed by atoms with van der Waals surface area (Å²) >= 11 is 12.0. The van der Waals surface area contributed by atoms with Crippen LogP contribution in [0.1, 0.15) is 18.4 Å². The number of aliphatic hydroxyl groups is 1. The van der Waals surface area contributed by atoms with Crippen molar-refractivity contribution in [2.45, 2.75) is 18.4 Å². The van der Waals surface area contributed by atoms with Crippen molar-refractivity contribution in [2.24, 2.45) is 0 Å². The molecule has 1 heterocycles. The van der Waals surface area contributed by atoms with E-state index in [0.29, 0.717) is 41.7 Å². The van der Waals surface area contributed by atoms with Gasteiger partial charge in [-0.1, -0.05) is 23.2 Å². The van der Waals surface area contributed by atoms with Gasteiger partial charge in [0.05, 0.1) is 5.60 Å². The molecule has 1 N–H and O–H groups in total. The van der Waals surface area contributed by atoms with Crippen LogP contribution < -0.4 is 0 Å². The van der Waals surface area contributed by atoms with E-state index in [1.807, 2.05) is 0 Å². The van der Waals surface area contributed by atoms with Crippen molar-refractivity contribution >= 4 is 23.2 Å². The van der Waals surface area contributed by atoms with Crippen LogP contribution in [-0.2, 0) is 10.3 Å². The summed E-state index contributed by atoms with van der Waals surface area (Å²) in [6.07, 6.45) is 1.13. The van der Waals surface area contributed by atoms with Crippen molar-refractivity contribution in [3.8, 4) is 0 Å². The highest BCUT2D eigenvalue weighted by Gasteiger charge is 2.33. The summed E-state index contributed by atoms with van der Waals surface area (Å²) in [5.41, 5.74) is -0.180. The maximum Gasteiger partial charge on any atom is 0.0955 e. The molecule has 0 amide bonds. The quantitative estimate of drug-likeness (QED) is 0.826. The standard InChI is InChI=1S/C11H12Cl2O2/c12-8-1-2-10(13)9(7-8)11(14)3-5-15-6-4-11/h1-2,7,14H,3-6H2. The number of ether oxygens (including phenoxy) is 1. The van der Waals surface area contributed by atoms with Gasteiger partial charge in [0.1, 0.15) is 0 Å². The van der Waals surface area contributed by atoms with Crippen LogP contribution in [0.15, 0.2) is 18.2 Å². The summed E-state index contributed by atoms with van der Waals surface area (Å²) < 4.78 is 5.22. The Hall–Kier alpha value is -0.280. The van der Waals surface area contributed by atoms with Gasteiger partial charge in [0.25, 0.3) is 0 Å². The molecule has 1 fully saturated rings. The maximum atomic E-state index is 10.4. The number of hydrogen-bond acceptors (Lipinski definition) is 2. The number of halogens is 2. The summed E-state index contributed by atoms with van der Waals surface area (Å²) in [5.74, 6) is 0. The second-order valence-corrected chi connectivity index (χ2v) is 4.61. The molecule has 0 atom stereocenters. The van der Waals surface area contributed by atoms with Crippen molar-refractivity contribution in [3.05, 3.63) is 33.8 Å². The molecule has 0 spiro atoms. The van der Waals surface area contributed by atoms with E-state index in [1.165, 1.54) is 0 Å². The Balaban J connectivity index is 2.38. The SMILES string of the molecule is OC1(c2cc(Cl)ccc2Cl)CCOCC1. The molecule has 2 rings (SSSR count). The first kappa shape index (κ1) is 11.2. The van der Waals surface area contributed by atoms with E-state index in [9.17, 15) is 5.11 Å². The Labute approximate surface area is 98.8 Å². The van der Waals surface area contributed by atoms with E-state index < -0.39 is 5.60 Å². The first-order valence-corrected chi connectivity index (χ1v) is 5.63. The minimum Gasteiger partial charge on any atom is -0.385 e. The van der Waals surface area contributed by atoms with Gasteiger partial charge in [-0.2, -0.15) is 0 Å². The van der Waals surface area contributed by atoms with E-state index >= 15 is 0 Å². The molecule has 0 unspecified atom stereocenters. The summed E-state index contributed by atoms with van der Waals surface area (Å²) in [7, 11) is 0. The Morgan fingerprint density at radius 2 is 1.87 bits per heavy atom. The Morgan fingerprint density at radius 1 is 1.20 bits per heavy atom. The molecule has 0 radical (unpaired) electrons. The number of rotatable bonds is 1. The van der Waals surface area contributed by atoms with Crippen LogP contribution in [0, 0.1) is 0 Å². The van der Waals surface area contributed by atoms with Crippen LogP contribution in [0.3, 0.4) is 0 Å². The third-order valence-electron chi connectivity index (χ3n) is 2.75. The molecule has 82 valence electrons. The first-order valence-electron chi connectivity index (χ1n) is 4.87. The second-order valence-electron chi connectivity index (χ2n) is 3.77. The van der Waals surface area contributed by atoms with Gasteiger partial charge in [-0.3, -0.25) is 0 Å². The summed E-state index contributed by atoms with van der Waals surface area (Å²) in [6.45, 7) is 1.11. The van der Waals surface area contributed by atoms with Crippen LogP contribution in [0.25, 0.3) is 0 Å². The second kappa shape index (κ2) is 4.30. The van der Waals surface area contributed by atoms with Gasteiger partial charge in [-0.25, -0.2) is 0 Å². The maximum absolute atomic E-state index is 10.4. The van der Waals surface area contributed by atoms with Gasteiger partial charge < -0.3 is 9.84 Å². The molecule has 15 heavy (non-hydrogen) atoms. The molecular weight excluding hydrogens is 235 g/mol. The van der Waals surface area contributed by atoms with E-state index in [0.717, 1.165) is 0 Å². The third-order valence-corrected chi connectivity index (χ3v) is 3.31. The van der Waals surface area contributed by atoms with Crippen LogP contribution in [0.5, 0.6) is 0 Å². The topological polar surface area (TPSA) is 29.5 Å². The van der Waals surface area contributed by atoms with Crippen LogP contribution in [0.2, 0.25) is 10.0 Å². The zero-order chi connectivity index (χ0) is 10.9. The number of hydrogen-bond donors (Lipinski definition) is 1. The third kappa shape index (κ3) is 2.28. The van der Waals surface area contributed by atoms with E-state index in [4.69, 9.17) is 27.9 Å². The lowest BCUT2D eigenvalue weighted by Crippen LogP contribution is -2.33. The average molecular weight is 247 g/mol. The predicted octanol–water partition coefficient (Wildman–Crippen LogP) is 2.99. The highest BCUT2D eigenvalue weighted by molar-refractivity contribution is 6.33. The molecule has 1 aliphatic heterocycles. The van der Waals surface area contributed by atoms with Gasteiger partial charge in [0.15, 0.2) is 0 Å². The fourth-order valence-corrected chi connectivity index (χ4v) is 2.30. The monoisotopic (exact) mass is 246 g/mol. The highest BCUT2D eigenvalue weighted by atomic mass is 35.5. The molecule has 0 bridgehead atoms. The van der Waals surface area contributed by atoms with E-state index in [-0.39, 0.29) is 0 Å². The molecule has 1 aliphatic rings. The zero-order valence-corrected chi connectivity index (χ0v) is 9.68. The van der Waals surface area contributed by atoms with Crippen molar-refractivity contribution in [1.82, 2.24) is 0 Å². The molecule has 4 heteroatoms. The van der Waals surface area contributed by atoms with Gasteiger partial charge in [-0.15, -0.1) is 0 Å². The molecule has 1 aromatic rings. The van der Waals surface area contributed by atoms with Crippen molar-refractivity contribution in [1.29, 1.82) is 0 Å². The Kier molecular flexibility index (Phi) is 3.21. The van der Waals surface area contributed by atoms with Gasteiger partial charge in [0, 0.05) is 41.7 Å². The lowest BCUT2D eigenvalue weighted by Gasteiger charge is -2.33. The average Bonchev–Trinajstić information content (AvgIpc) is 2.23. The molecule has 0 saturated carbocycles. The Bertz CT molecular complexity index is 360. The van der Waals surface area contributed by atoms with Gasteiger partial charge >= 0.3 is 0 Å². The molecule has 1 saturated heterocycles. The molecule has 1 aromatic carbocycles. The highest BCUT2D eigenvalue weighted by Crippen LogP contribution is 2.37. The minimum absolute atomic E-state index is 0.555. The zero-order valence-electron chi connectivity index (χ0n) is 8.17.